The van der Waals surface area contributed by atoms with Crippen LogP contribution >= 0.6 is 11.6 Å². The van der Waals surface area contributed by atoms with E-state index in [1.165, 1.54) is 0 Å². The SMILES string of the molecule is CC1(C)CC(=O)C2=C(C1)Nc1nc(-c3cccc(Cl)c3)nn1C2c1ccccc1. The summed E-state index contributed by atoms with van der Waals surface area (Å²) < 4.78 is 1.83. The molecule has 5 nitrogen and oxygen atoms in total. The zero-order valence-corrected chi connectivity index (χ0v) is 17.1. The van der Waals surface area contributed by atoms with E-state index < -0.39 is 0 Å². The van der Waals surface area contributed by atoms with E-state index in [2.05, 4.69) is 19.2 Å². The van der Waals surface area contributed by atoms with Crippen LogP contribution in [0.15, 0.2) is 65.9 Å². The number of halogens is 1. The number of aromatic nitrogens is 3. The molecule has 2 aliphatic rings. The first kappa shape index (κ1) is 18.1. The van der Waals surface area contributed by atoms with Crippen LogP contribution in [-0.2, 0) is 4.79 Å². The van der Waals surface area contributed by atoms with Crippen molar-refractivity contribution < 1.29 is 4.79 Å². The van der Waals surface area contributed by atoms with E-state index in [1.54, 1.807) is 0 Å². The minimum Gasteiger partial charge on any atom is -0.328 e. The summed E-state index contributed by atoms with van der Waals surface area (Å²) in [4.78, 5) is 17.9. The standard InChI is InChI=1S/C23H21ClN4O/c1-23(2)12-17-19(18(29)13-23)20(14-7-4-3-5-8-14)28-22(25-17)26-21(27-28)15-9-6-10-16(24)11-15/h3-11,20H,12-13H2,1-2H3,(H,25,26,27). The zero-order chi connectivity index (χ0) is 20.2. The number of rotatable bonds is 2. The maximum absolute atomic E-state index is 13.2. The van der Waals surface area contributed by atoms with Crippen LogP contribution in [0.1, 0.15) is 38.3 Å². The molecule has 0 radical (unpaired) electrons. The van der Waals surface area contributed by atoms with Crippen molar-refractivity contribution in [1.29, 1.82) is 0 Å². The first-order valence-corrected chi connectivity index (χ1v) is 10.1. The summed E-state index contributed by atoms with van der Waals surface area (Å²) in [7, 11) is 0. The Kier molecular flexibility index (Phi) is 4.10. The molecular formula is C23H21ClN4O. The molecule has 1 atom stereocenters. The third kappa shape index (κ3) is 3.15. The molecule has 1 aliphatic heterocycles. The quantitative estimate of drug-likeness (QED) is 0.633. The van der Waals surface area contributed by atoms with E-state index in [0.29, 0.717) is 23.2 Å². The van der Waals surface area contributed by atoms with Crippen molar-refractivity contribution >= 4 is 23.3 Å². The number of benzene rings is 2. The number of hydrogen-bond donors (Lipinski definition) is 1. The Bertz CT molecular complexity index is 1150. The highest BCUT2D eigenvalue weighted by Crippen LogP contribution is 2.45. The van der Waals surface area contributed by atoms with Crippen molar-refractivity contribution in [3.05, 3.63) is 76.5 Å². The summed E-state index contributed by atoms with van der Waals surface area (Å²) in [6.07, 6.45) is 1.33. The second-order valence-electron chi connectivity index (χ2n) is 8.49. The van der Waals surface area contributed by atoms with Crippen molar-refractivity contribution in [3.63, 3.8) is 0 Å². The van der Waals surface area contributed by atoms with Gasteiger partial charge in [-0.05, 0) is 29.5 Å². The van der Waals surface area contributed by atoms with Crippen LogP contribution in [0.3, 0.4) is 0 Å². The molecule has 0 amide bonds. The maximum atomic E-state index is 13.2. The Hall–Kier alpha value is -2.92. The number of Topliss-reactive ketones (excluding diaryl/α,β-unsaturated/α-hetero) is 1. The van der Waals surface area contributed by atoms with Gasteiger partial charge in [0.05, 0.1) is 0 Å². The predicted octanol–water partition coefficient (Wildman–Crippen LogP) is 5.26. The van der Waals surface area contributed by atoms with E-state index >= 15 is 0 Å². The highest BCUT2D eigenvalue weighted by Gasteiger charge is 2.41. The van der Waals surface area contributed by atoms with Gasteiger partial charge in [0, 0.05) is 28.3 Å². The molecule has 1 unspecified atom stereocenters. The molecule has 1 aromatic heterocycles. The fourth-order valence-corrected chi connectivity index (χ4v) is 4.49. The van der Waals surface area contributed by atoms with E-state index in [0.717, 1.165) is 28.8 Å². The van der Waals surface area contributed by atoms with E-state index in [1.807, 2.05) is 59.3 Å². The van der Waals surface area contributed by atoms with Crippen molar-refractivity contribution in [2.45, 2.75) is 32.7 Å². The maximum Gasteiger partial charge on any atom is 0.226 e. The lowest BCUT2D eigenvalue weighted by Crippen LogP contribution is -2.36. The van der Waals surface area contributed by atoms with Crippen LogP contribution in [0.2, 0.25) is 5.02 Å². The van der Waals surface area contributed by atoms with E-state index in [4.69, 9.17) is 21.7 Å². The Morgan fingerprint density at radius 2 is 1.90 bits per heavy atom. The molecule has 0 saturated heterocycles. The van der Waals surface area contributed by atoms with Crippen LogP contribution in [0.5, 0.6) is 0 Å². The molecule has 0 bridgehead atoms. The first-order valence-electron chi connectivity index (χ1n) is 9.72. The number of carbonyl (C=O) groups is 1. The van der Waals surface area contributed by atoms with Gasteiger partial charge in [-0.25, -0.2) is 4.68 Å². The lowest BCUT2D eigenvalue weighted by Gasteiger charge is -2.38. The lowest BCUT2D eigenvalue weighted by atomic mass is 9.73. The molecule has 0 saturated carbocycles. The number of fused-ring (bicyclic) bond motifs is 1. The van der Waals surface area contributed by atoms with Crippen molar-refractivity contribution in [3.8, 4) is 11.4 Å². The molecule has 5 rings (SSSR count). The average Bonchev–Trinajstić information content (AvgIpc) is 3.10. The van der Waals surface area contributed by atoms with Gasteiger partial charge in [0.15, 0.2) is 11.6 Å². The van der Waals surface area contributed by atoms with Crippen molar-refractivity contribution in [2.75, 3.05) is 5.32 Å². The van der Waals surface area contributed by atoms with Gasteiger partial charge in [0.1, 0.15) is 6.04 Å². The van der Waals surface area contributed by atoms with Gasteiger partial charge >= 0.3 is 0 Å². The number of anilines is 1. The predicted molar refractivity (Wildman–Crippen MR) is 114 cm³/mol. The normalized spacial score (nSPS) is 20.1. The zero-order valence-electron chi connectivity index (χ0n) is 16.3. The Balaban J connectivity index is 1.68. The molecule has 0 fully saturated rings. The number of nitrogens with one attached hydrogen (secondary N) is 1. The topological polar surface area (TPSA) is 59.8 Å². The average molecular weight is 405 g/mol. The minimum absolute atomic E-state index is 0.0812. The third-order valence-corrected chi connectivity index (χ3v) is 5.77. The van der Waals surface area contributed by atoms with Crippen molar-refractivity contribution in [2.24, 2.45) is 5.41 Å². The largest absolute Gasteiger partial charge is 0.328 e. The first-order chi connectivity index (χ1) is 13.9. The van der Waals surface area contributed by atoms with Gasteiger partial charge in [0.25, 0.3) is 0 Å². The number of nitrogens with zero attached hydrogens (tertiary/aromatic N) is 3. The number of ketones is 1. The molecule has 3 aromatic rings. The monoisotopic (exact) mass is 404 g/mol. The number of carbonyl (C=O) groups excluding carboxylic acids is 1. The van der Waals surface area contributed by atoms with E-state index in [9.17, 15) is 4.79 Å². The molecule has 146 valence electrons. The summed E-state index contributed by atoms with van der Waals surface area (Å²) >= 11 is 6.17. The van der Waals surface area contributed by atoms with Crippen LogP contribution < -0.4 is 5.32 Å². The second-order valence-corrected chi connectivity index (χ2v) is 8.92. The van der Waals surface area contributed by atoms with Crippen molar-refractivity contribution in [1.82, 2.24) is 14.8 Å². The van der Waals surface area contributed by atoms with Crippen LogP contribution in [0.25, 0.3) is 11.4 Å². The molecule has 0 spiro atoms. The summed E-state index contributed by atoms with van der Waals surface area (Å²) in [5.74, 6) is 1.41. The molecular weight excluding hydrogens is 384 g/mol. The summed E-state index contributed by atoms with van der Waals surface area (Å²) in [5.41, 5.74) is 3.54. The summed E-state index contributed by atoms with van der Waals surface area (Å²) in [6, 6.07) is 17.2. The molecule has 29 heavy (non-hydrogen) atoms. The Labute approximate surface area is 174 Å². The summed E-state index contributed by atoms with van der Waals surface area (Å²) in [6.45, 7) is 4.26. The summed E-state index contributed by atoms with van der Waals surface area (Å²) in [5, 5.41) is 8.82. The molecule has 2 heterocycles. The van der Waals surface area contributed by atoms with Gasteiger partial charge in [-0.3, -0.25) is 4.79 Å². The number of hydrogen-bond acceptors (Lipinski definition) is 4. The molecule has 1 N–H and O–H groups in total. The van der Waals surface area contributed by atoms with Crippen LogP contribution in [-0.4, -0.2) is 20.5 Å². The highest BCUT2D eigenvalue weighted by molar-refractivity contribution is 6.30. The molecule has 6 heteroatoms. The smallest absolute Gasteiger partial charge is 0.226 e. The van der Waals surface area contributed by atoms with Gasteiger partial charge in [-0.1, -0.05) is 67.9 Å². The highest BCUT2D eigenvalue weighted by atomic mass is 35.5. The molecule has 2 aromatic carbocycles. The Morgan fingerprint density at radius 3 is 2.66 bits per heavy atom. The van der Waals surface area contributed by atoms with E-state index in [-0.39, 0.29) is 17.2 Å². The second kappa shape index (κ2) is 6.56. The van der Waals surface area contributed by atoms with Gasteiger partial charge < -0.3 is 5.32 Å². The fourth-order valence-electron chi connectivity index (χ4n) is 4.30. The van der Waals surface area contributed by atoms with Crippen LogP contribution in [0.4, 0.5) is 5.95 Å². The van der Waals surface area contributed by atoms with Crippen LogP contribution in [0, 0.1) is 5.41 Å². The lowest BCUT2D eigenvalue weighted by molar-refractivity contribution is -0.118. The van der Waals surface area contributed by atoms with Gasteiger partial charge in [-0.2, -0.15) is 4.98 Å². The third-order valence-electron chi connectivity index (χ3n) is 5.53. The van der Waals surface area contributed by atoms with Gasteiger partial charge in [0.2, 0.25) is 5.95 Å². The number of allylic oxidation sites excluding steroid dienone is 2. The molecule has 1 aliphatic carbocycles. The van der Waals surface area contributed by atoms with Gasteiger partial charge in [-0.15, -0.1) is 5.10 Å². The minimum atomic E-state index is -0.286. The Morgan fingerprint density at radius 1 is 1.10 bits per heavy atom. The fraction of sp³-hybridized carbons (Fsp3) is 0.261.